The Morgan fingerprint density at radius 2 is 2.00 bits per heavy atom. The number of aromatic nitrogens is 3. The fraction of sp³-hybridized carbons (Fsp3) is 0.500. The van der Waals surface area contributed by atoms with Crippen LogP contribution in [0.2, 0.25) is 0 Å². The van der Waals surface area contributed by atoms with E-state index in [4.69, 9.17) is 19.4 Å². The van der Waals surface area contributed by atoms with Gasteiger partial charge in [-0.2, -0.15) is 0 Å². The van der Waals surface area contributed by atoms with Crippen LogP contribution >= 0.6 is 0 Å². The molecule has 0 amide bonds. The van der Waals surface area contributed by atoms with Crippen molar-refractivity contribution in [2.45, 2.75) is 42.9 Å². The number of halogens is 1. The second-order valence-electron chi connectivity index (χ2n) is 9.50. The molecule has 180 valence electrons. The molecule has 1 aromatic carbocycles. The number of hydrogen-bond donors (Lipinski definition) is 1. The Kier molecular flexibility index (Phi) is 5.07. The van der Waals surface area contributed by atoms with Crippen molar-refractivity contribution in [3.05, 3.63) is 35.9 Å². The van der Waals surface area contributed by atoms with Crippen LogP contribution in [0.1, 0.15) is 37.8 Å². The van der Waals surface area contributed by atoms with Crippen molar-refractivity contribution >= 4 is 26.6 Å². The Hall–Kier alpha value is -2.72. The van der Waals surface area contributed by atoms with E-state index in [-0.39, 0.29) is 6.04 Å². The number of anilines is 1. The Labute approximate surface area is 197 Å². The highest BCUT2D eigenvalue weighted by Crippen LogP contribution is 2.50. The topological polar surface area (TPSA) is 97.4 Å². The molecule has 1 atom stereocenters. The number of aromatic amines is 1. The second kappa shape index (κ2) is 7.91. The van der Waals surface area contributed by atoms with Gasteiger partial charge in [-0.3, -0.25) is 0 Å². The number of rotatable bonds is 3. The minimum atomic E-state index is -3.54. The lowest BCUT2D eigenvalue weighted by atomic mass is 9.85. The molecule has 1 saturated carbocycles. The third-order valence-electron chi connectivity index (χ3n) is 7.44. The van der Waals surface area contributed by atoms with E-state index in [9.17, 15) is 12.8 Å². The van der Waals surface area contributed by atoms with Crippen molar-refractivity contribution < 1.29 is 22.3 Å². The molecule has 2 aromatic heterocycles. The SMILES string of the molecule is CS(=O)(=O)C1(c2nc(-c3cc(F)cc4[nH]ccc34)nc3c2OC[C@@H]2COCCN32)CCCCC1. The molecule has 3 aliphatic rings. The van der Waals surface area contributed by atoms with Crippen LogP contribution in [0, 0.1) is 5.82 Å². The summed E-state index contributed by atoms with van der Waals surface area (Å²) in [4.78, 5) is 14.9. The quantitative estimate of drug-likeness (QED) is 0.605. The van der Waals surface area contributed by atoms with Gasteiger partial charge in [-0.05, 0) is 31.0 Å². The summed E-state index contributed by atoms with van der Waals surface area (Å²) < 4.78 is 51.9. The first kappa shape index (κ1) is 21.8. The highest BCUT2D eigenvalue weighted by atomic mass is 32.2. The molecule has 10 heteroatoms. The Morgan fingerprint density at radius 1 is 1.18 bits per heavy atom. The first-order valence-electron chi connectivity index (χ1n) is 11.7. The molecule has 2 aliphatic heterocycles. The number of hydrogen-bond acceptors (Lipinski definition) is 7. The second-order valence-corrected chi connectivity index (χ2v) is 11.8. The zero-order chi connectivity index (χ0) is 23.5. The van der Waals surface area contributed by atoms with Crippen molar-refractivity contribution in [1.82, 2.24) is 15.0 Å². The monoisotopic (exact) mass is 486 g/mol. The van der Waals surface area contributed by atoms with Crippen molar-refractivity contribution in [3.8, 4) is 17.1 Å². The van der Waals surface area contributed by atoms with E-state index in [1.54, 1.807) is 6.20 Å². The molecule has 3 aromatic rings. The summed E-state index contributed by atoms with van der Waals surface area (Å²) >= 11 is 0. The fourth-order valence-electron chi connectivity index (χ4n) is 5.67. The van der Waals surface area contributed by atoms with Crippen LogP contribution in [0.4, 0.5) is 10.2 Å². The molecule has 1 saturated heterocycles. The van der Waals surface area contributed by atoms with Crippen LogP contribution in [-0.2, 0) is 19.3 Å². The van der Waals surface area contributed by atoms with E-state index < -0.39 is 20.4 Å². The summed E-state index contributed by atoms with van der Waals surface area (Å²) in [6.07, 6.45) is 6.57. The summed E-state index contributed by atoms with van der Waals surface area (Å²) in [5.74, 6) is 0.906. The van der Waals surface area contributed by atoms with Gasteiger partial charge in [-0.15, -0.1) is 0 Å². The van der Waals surface area contributed by atoms with Gasteiger partial charge in [0.2, 0.25) is 0 Å². The number of fused-ring (bicyclic) bond motifs is 4. The molecule has 1 N–H and O–H groups in total. The molecule has 0 spiro atoms. The van der Waals surface area contributed by atoms with E-state index in [2.05, 4.69) is 9.88 Å². The molecule has 34 heavy (non-hydrogen) atoms. The van der Waals surface area contributed by atoms with E-state index in [1.165, 1.54) is 18.4 Å². The number of morpholine rings is 1. The molecular weight excluding hydrogens is 459 g/mol. The number of nitrogens with one attached hydrogen (secondary N) is 1. The molecule has 0 radical (unpaired) electrons. The van der Waals surface area contributed by atoms with Gasteiger partial charge in [0.15, 0.2) is 27.2 Å². The fourth-order valence-corrected chi connectivity index (χ4v) is 7.19. The number of H-pyrrole nitrogens is 1. The average Bonchev–Trinajstić information content (AvgIpc) is 3.31. The molecular formula is C24H27FN4O4S. The van der Waals surface area contributed by atoms with E-state index in [0.717, 1.165) is 24.6 Å². The lowest BCUT2D eigenvalue weighted by Crippen LogP contribution is -2.52. The normalized spacial score (nSPS) is 22.2. The van der Waals surface area contributed by atoms with Crippen LogP contribution in [0.25, 0.3) is 22.3 Å². The Bertz CT molecular complexity index is 1370. The third-order valence-corrected chi connectivity index (χ3v) is 9.47. The standard InChI is InChI=1S/C24H27FN4O4S/c1-34(30,31)24(6-3-2-4-7-24)21-20-23(29-9-10-32-13-16(29)14-33-20)28-22(27-21)18-11-15(25)12-19-17(18)5-8-26-19/h5,8,11-12,16,26H,2-4,6-7,9-10,13-14H2,1H3/t16-/m0/s1. The summed E-state index contributed by atoms with van der Waals surface area (Å²) in [5, 5.41) is 0.777. The Balaban J connectivity index is 1.65. The van der Waals surface area contributed by atoms with Crippen molar-refractivity contribution in [1.29, 1.82) is 0 Å². The number of benzene rings is 1. The van der Waals surface area contributed by atoms with Gasteiger partial charge in [0, 0.05) is 35.5 Å². The lowest BCUT2D eigenvalue weighted by molar-refractivity contribution is 0.0689. The molecule has 0 bridgehead atoms. The predicted octanol–water partition coefficient (Wildman–Crippen LogP) is 3.57. The molecule has 8 nitrogen and oxygen atoms in total. The maximum atomic E-state index is 14.6. The van der Waals surface area contributed by atoms with Crippen LogP contribution < -0.4 is 9.64 Å². The molecule has 1 aliphatic carbocycles. The summed E-state index contributed by atoms with van der Waals surface area (Å²) in [6, 6.07) is 4.68. The van der Waals surface area contributed by atoms with Crippen molar-refractivity contribution in [2.24, 2.45) is 0 Å². The van der Waals surface area contributed by atoms with Gasteiger partial charge < -0.3 is 19.4 Å². The Morgan fingerprint density at radius 3 is 2.79 bits per heavy atom. The van der Waals surface area contributed by atoms with E-state index in [0.29, 0.717) is 73.4 Å². The van der Waals surface area contributed by atoms with Gasteiger partial charge in [0.25, 0.3) is 0 Å². The highest BCUT2D eigenvalue weighted by molar-refractivity contribution is 7.91. The van der Waals surface area contributed by atoms with Gasteiger partial charge >= 0.3 is 0 Å². The first-order valence-corrected chi connectivity index (χ1v) is 13.6. The van der Waals surface area contributed by atoms with Gasteiger partial charge in [0.05, 0.1) is 19.3 Å². The summed E-state index contributed by atoms with van der Waals surface area (Å²) in [6.45, 7) is 2.05. The lowest BCUT2D eigenvalue weighted by Gasteiger charge is -2.43. The number of sulfone groups is 1. The highest BCUT2D eigenvalue weighted by Gasteiger charge is 2.49. The predicted molar refractivity (Wildman–Crippen MR) is 126 cm³/mol. The van der Waals surface area contributed by atoms with Gasteiger partial charge in [0.1, 0.15) is 22.9 Å². The largest absolute Gasteiger partial charge is 0.486 e. The minimum absolute atomic E-state index is 0.0165. The zero-order valence-corrected chi connectivity index (χ0v) is 19.8. The summed E-state index contributed by atoms with van der Waals surface area (Å²) in [5.41, 5.74) is 1.57. The first-order chi connectivity index (χ1) is 16.4. The molecule has 6 rings (SSSR count). The van der Waals surface area contributed by atoms with E-state index in [1.807, 2.05) is 6.07 Å². The van der Waals surface area contributed by atoms with Gasteiger partial charge in [-0.25, -0.2) is 22.8 Å². The maximum Gasteiger partial charge on any atom is 0.185 e. The van der Waals surface area contributed by atoms with E-state index >= 15 is 0 Å². The average molecular weight is 487 g/mol. The smallest absolute Gasteiger partial charge is 0.185 e. The molecule has 2 fully saturated rings. The molecule has 4 heterocycles. The third kappa shape index (κ3) is 3.30. The van der Waals surface area contributed by atoms with Gasteiger partial charge in [-0.1, -0.05) is 19.3 Å². The number of ether oxygens (including phenoxy) is 2. The summed E-state index contributed by atoms with van der Waals surface area (Å²) in [7, 11) is -3.54. The van der Waals surface area contributed by atoms with Crippen LogP contribution in [-0.4, -0.2) is 62.0 Å². The number of nitrogens with zero attached hydrogens (tertiary/aromatic N) is 3. The van der Waals surface area contributed by atoms with Crippen LogP contribution in [0.3, 0.4) is 0 Å². The molecule has 0 unspecified atom stereocenters. The van der Waals surface area contributed by atoms with Crippen molar-refractivity contribution in [3.63, 3.8) is 0 Å². The zero-order valence-electron chi connectivity index (χ0n) is 19.0. The maximum absolute atomic E-state index is 14.6. The minimum Gasteiger partial charge on any atom is -0.486 e. The van der Waals surface area contributed by atoms with Crippen molar-refractivity contribution in [2.75, 3.05) is 37.5 Å². The van der Waals surface area contributed by atoms with Crippen LogP contribution in [0.15, 0.2) is 24.4 Å². The van der Waals surface area contributed by atoms with Crippen LogP contribution in [0.5, 0.6) is 5.75 Å².